The minimum atomic E-state index is 0.149. The molecule has 0 saturated carbocycles. The van der Waals surface area contributed by atoms with E-state index in [0.29, 0.717) is 17.6 Å². The lowest BCUT2D eigenvalue weighted by atomic mass is 10.0. The van der Waals surface area contributed by atoms with Crippen molar-refractivity contribution in [3.8, 4) is 0 Å². The summed E-state index contributed by atoms with van der Waals surface area (Å²) in [5.74, 6) is 0.536. The van der Waals surface area contributed by atoms with Crippen molar-refractivity contribution in [3.05, 3.63) is 35.4 Å². The number of hydrogen-bond donors (Lipinski definition) is 2. The molecule has 4 nitrogen and oxygen atoms in total. The fourth-order valence-electron chi connectivity index (χ4n) is 1.86. The summed E-state index contributed by atoms with van der Waals surface area (Å²) < 4.78 is 5.04. The highest BCUT2D eigenvalue weighted by Gasteiger charge is 2.04. The van der Waals surface area contributed by atoms with Gasteiger partial charge in [-0.15, -0.1) is 0 Å². The predicted octanol–water partition coefficient (Wildman–Crippen LogP) is 3.03. The molecule has 0 fully saturated rings. The summed E-state index contributed by atoms with van der Waals surface area (Å²) in [6.45, 7) is 8.92. The maximum atomic E-state index is 5.18. The zero-order valence-electron chi connectivity index (χ0n) is 13.4. The molecule has 0 radical (unpaired) electrons. The lowest BCUT2D eigenvalue weighted by Crippen LogP contribution is -2.40. The molecule has 0 aliphatic heterocycles. The third-order valence-corrected chi connectivity index (χ3v) is 3.32. The Labute approximate surface area is 133 Å². The van der Waals surface area contributed by atoms with Crippen LogP contribution >= 0.6 is 12.2 Å². The molecular formula is C16H25N3OS. The molecule has 0 saturated heterocycles. The van der Waals surface area contributed by atoms with Gasteiger partial charge in [0.2, 0.25) is 0 Å². The average Bonchev–Trinajstić information content (AvgIpc) is 2.45. The number of benzene rings is 1. The van der Waals surface area contributed by atoms with Gasteiger partial charge in [-0.3, -0.25) is 5.43 Å². The zero-order chi connectivity index (χ0) is 15.8. The number of nitrogens with one attached hydrogen (secondary N) is 2. The van der Waals surface area contributed by atoms with Gasteiger partial charge >= 0.3 is 0 Å². The molecule has 1 aromatic carbocycles. The van der Waals surface area contributed by atoms with Crippen LogP contribution in [0.4, 0.5) is 0 Å². The van der Waals surface area contributed by atoms with Crippen LogP contribution in [0.3, 0.4) is 0 Å². The van der Waals surface area contributed by atoms with E-state index < -0.39 is 0 Å². The van der Waals surface area contributed by atoms with Crippen LogP contribution < -0.4 is 10.7 Å². The summed E-state index contributed by atoms with van der Waals surface area (Å²) in [5, 5.41) is 7.90. The van der Waals surface area contributed by atoms with Gasteiger partial charge in [-0.2, -0.15) is 5.10 Å². The summed E-state index contributed by atoms with van der Waals surface area (Å²) in [4.78, 5) is 0. The van der Waals surface area contributed by atoms with Crippen molar-refractivity contribution in [1.29, 1.82) is 0 Å². The second-order valence-electron chi connectivity index (χ2n) is 5.42. The number of rotatable bonds is 6. The molecule has 21 heavy (non-hydrogen) atoms. The smallest absolute Gasteiger partial charge is 0.187 e. The van der Waals surface area contributed by atoms with E-state index in [1.54, 1.807) is 7.11 Å². The summed E-state index contributed by atoms with van der Waals surface area (Å²) >= 11 is 5.18. The number of hydrogen-bond acceptors (Lipinski definition) is 3. The van der Waals surface area contributed by atoms with Gasteiger partial charge in [0.15, 0.2) is 5.11 Å². The van der Waals surface area contributed by atoms with Crippen LogP contribution in [0.1, 0.15) is 44.7 Å². The molecule has 0 amide bonds. The predicted molar refractivity (Wildman–Crippen MR) is 92.9 cm³/mol. The number of methoxy groups -OCH3 is 1. The van der Waals surface area contributed by atoms with E-state index in [4.69, 9.17) is 17.0 Å². The lowest BCUT2D eigenvalue weighted by molar-refractivity contribution is 0.179. The lowest BCUT2D eigenvalue weighted by Gasteiger charge is -2.14. The number of hydrazone groups is 1. The van der Waals surface area contributed by atoms with Gasteiger partial charge in [-0.1, -0.05) is 38.1 Å². The highest BCUT2D eigenvalue weighted by atomic mass is 32.1. The zero-order valence-corrected chi connectivity index (χ0v) is 14.3. The third kappa shape index (κ3) is 6.23. The topological polar surface area (TPSA) is 45.6 Å². The Hall–Kier alpha value is -1.46. The Balaban J connectivity index is 2.57. The van der Waals surface area contributed by atoms with Crippen molar-refractivity contribution in [1.82, 2.24) is 10.7 Å². The normalized spacial score (nSPS) is 13.1. The van der Waals surface area contributed by atoms with Crippen LogP contribution in [0.25, 0.3) is 0 Å². The van der Waals surface area contributed by atoms with Crippen LogP contribution in [-0.4, -0.2) is 30.6 Å². The molecule has 0 aliphatic carbocycles. The van der Waals surface area contributed by atoms with E-state index >= 15 is 0 Å². The molecule has 0 unspecified atom stereocenters. The second-order valence-corrected chi connectivity index (χ2v) is 5.82. The SMILES string of the molecule is COC[C@@H](C)NC(=S)N/N=C(/C)c1ccc(C(C)C)cc1. The highest BCUT2D eigenvalue weighted by molar-refractivity contribution is 7.80. The number of ether oxygens (including phenoxy) is 1. The monoisotopic (exact) mass is 307 g/mol. The number of thiocarbonyl (C=S) groups is 1. The quantitative estimate of drug-likeness (QED) is 0.482. The Bertz CT molecular complexity index is 483. The maximum Gasteiger partial charge on any atom is 0.187 e. The Kier molecular flexibility index (Phi) is 7.32. The fraction of sp³-hybridized carbons (Fsp3) is 0.500. The van der Waals surface area contributed by atoms with E-state index in [2.05, 4.69) is 54.0 Å². The van der Waals surface area contributed by atoms with Crippen LogP contribution in [0.5, 0.6) is 0 Å². The molecule has 0 bridgehead atoms. The van der Waals surface area contributed by atoms with Gasteiger partial charge in [0.25, 0.3) is 0 Å². The second kappa shape index (κ2) is 8.74. The Morgan fingerprint density at radius 1 is 1.24 bits per heavy atom. The Morgan fingerprint density at radius 2 is 1.86 bits per heavy atom. The van der Waals surface area contributed by atoms with Gasteiger partial charge in [0.1, 0.15) is 0 Å². The summed E-state index contributed by atoms with van der Waals surface area (Å²) in [6.07, 6.45) is 0. The molecule has 2 N–H and O–H groups in total. The van der Waals surface area contributed by atoms with Crippen LogP contribution in [0.15, 0.2) is 29.4 Å². The molecule has 0 spiro atoms. The van der Waals surface area contributed by atoms with E-state index in [9.17, 15) is 0 Å². The van der Waals surface area contributed by atoms with Crippen molar-refractivity contribution in [2.24, 2.45) is 5.10 Å². The van der Waals surface area contributed by atoms with Crippen LogP contribution in [-0.2, 0) is 4.74 Å². The molecule has 1 atom stereocenters. The largest absolute Gasteiger partial charge is 0.383 e. The van der Waals surface area contributed by atoms with Gasteiger partial charge < -0.3 is 10.1 Å². The molecule has 0 heterocycles. The first-order valence-electron chi connectivity index (χ1n) is 7.14. The molecule has 0 aliphatic rings. The summed E-state index contributed by atoms with van der Waals surface area (Å²) in [7, 11) is 1.66. The van der Waals surface area contributed by atoms with Gasteiger partial charge in [-0.05, 0) is 43.1 Å². The van der Waals surface area contributed by atoms with Crippen molar-refractivity contribution >= 4 is 23.0 Å². The minimum Gasteiger partial charge on any atom is -0.383 e. The molecule has 1 rings (SSSR count). The van der Waals surface area contributed by atoms with Crippen molar-refractivity contribution in [2.45, 2.75) is 39.7 Å². The molecule has 5 heteroatoms. The first-order valence-corrected chi connectivity index (χ1v) is 7.55. The van der Waals surface area contributed by atoms with Gasteiger partial charge in [0, 0.05) is 13.2 Å². The molecule has 1 aromatic rings. The van der Waals surface area contributed by atoms with Crippen LogP contribution in [0.2, 0.25) is 0 Å². The average molecular weight is 307 g/mol. The van der Waals surface area contributed by atoms with E-state index in [0.717, 1.165) is 11.3 Å². The summed E-state index contributed by atoms with van der Waals surface area (Å²) in [5.41, 5.74) is 6.16. The van der Waals surface area contributed by atoms with Gasteiger partial charge in [-0.25, -0.2) is 0 Å². The Morgan fingerprint density at radius 3 is 2.38 bits per heavy atom. The van der Waals surface area contributed by atoms with E-state index in [-0.39, 0.29) is 6.04 Å². The van der Waals surface area contributed by atoms with Crippen molar-refractivity contribution < 1.29 is 4.74 Å². The molecule has 0 aromatic heterocycles. The maximum absolute atomic E-state index is 5.18. The third-order valence-electron chi connectivity index (χ3n) is 3.11. The first-order chi connectivity index (χ1) is 9.93. The first kappa shape index (κ1) is 17.6. The standard InChI is InChI=1S/C16H25N3OS/c1-11(2)14-6-8-15(9-7-14)13(4)18-19-16(21)17-12(3)10-20-5/h6-9,11-12H,10H2,1-5H3,(H2,17,19,21)/b18-13-/t12-/m1/s1. The van der Waals surface area contributed by atoms with Crippen molar-refractivity contribution in [2.75, 3.05) is 13.7 Å². The van der Waals surface area contributed by atoms with Gasteiger partial charge in [0.05, 0.1) is 12.3 Å². The van der Waals surface area contributed by atoms with Crippen LogP contribution in [0, 0.1) is 0 Å². The van der Waals surface area contributed by atoms with Crippen molar-refractivity contribution in [3.63, 3.8) is 0 Å². The number of nitrogens with zero attached hydrogens (tertiary/aromatic N) is 1. The molecule has 116 valence electrons. The minimum absolute atomic E-state index is 0.149. The van der Waals surface area contributed by atoms with E-state index in [1.165, 1.54) is 5.56 Å². The summed E-state index contributed by atoms with van der Waals surface area (Å²) in [6, 6.07) is 8.59. The fourth-order valence-corrected chi connectivity index (χ4v) is 2.10. The molecular weight excluding hydrogens is 282 g/mol. The highest BCUT2D eigenvalue weighted by Crippen LogP contribution is 2.14. The van der Waals surface area contributed by atoms with E-state index in [1.807, 2.05) is 13.8 Å².